The molecule has 0 radical (unpaired) electrons. The average molecular weight is 774 g/mol. The van der Waals surface area contributed by atoms with Gasteiger partial charge in [0, 0.05) is 62.3 Å². The summed E-state index contributed by atoms with van der Waals surface area (Å²) in [6.07, 6.45) is 2.76. The molecule has 0 bridgehead atoms. The Morgan fingerprint density at radius 1 is 0.877 bits per heavy atom. The van der Waals surface area contributed by atoms with Gasteiger partial charge in [-0.2, -0.15) is 0 Å². The highest BCUT2D eigenvalue weighted by Crippen LogP contribution is 2.34. The van der Waals surface area contributed by atoms with E-state index in [1.807, 2.05) is 83.8 Å². The van der Waals surface area contributed by atoms with E-state index in [1.54, 1.807) is 17.0 Å². The molecule has 2 aliphatic rings. The zero-order valence-electron chi connectivity index (χ0n) is 32.1. The maximum atomic E-state index is 13.1. The van der Waals surface area contributed by atoms with E-state index in [1.165, 1.54) is 12.1 Å². The van der Waals surface area contributed by atoms with Crippen molar-refractivity contribution in [3.8, 4) is 22.6 Å². The lowest BCUT2D eigenvalue weighted by atomic mass is 9.92. The third-order valence-electron chi connectivity index (χ3n) is 11.4. The van der Waals surface area contributed by atoms with Gasteiger partial charge in [-0.3, -0.25) is 14.5 Å². The fourth-order valence-corrected chi connectivity index (χ4v) is 8.23. The number of aromatic amines is 1. The van der Waals surface area contributed by atoms with Crippen LogP contribution in [0, 0.1) is 5.92 Å². The number of para-hydroxylation sites is 1. The molecule has 2 fully saturated rings. The first-order valence-corrected chi connectivity index (χ1v) is 19.9. The lowest BCUT2D eigenvalue weighted by Gasteiger charge is -2.39. The first-order chi connectivity index (χ1) is 27.7. The van der Waals surface area contributed by atoms with Crippen molar-refractivity contribution in [2.75, 3.05) is 50.8 Å². The number of phenolic OH excluding ortho intramolecular Hbond substituents is 1. The van der Waals surface area contributed by atoms with E-state index in [0.717, 1.165) is 74.1 Å². The standard InChI is InChI=1S/C45H51N5O7/c51-40-15-13-37(38-14-16-42(53)47-44(38)40)41(52)29-46-28-32-7-6-10-35(27-32)57-30-43(54)49-25-18-31(19-26-49)17-22-48-23-20-34(21-24-48)50(45(55)56)39-12-5-4-11-36(39)33-8-2-1-3-9-33/h1-16,27,31,34,41,46,51-52H,17-26,28-30H2,(H,47,53)(H,55,56)/t41-/m0/s1. The Morgan fingerprint density at radius 3 is 2.40 bits per heavy atom. The van der Waals surface area contributed by atoms with Crippen molar-refractivity contribution >= 4 is 28.6 Å². The monoisotopic (exact) mass is 773 g/mol. The number of anilines is 1. The Hall–Kier alpha value is -5.69. The van der Waals surface area contributed by atoms with Crippen molar-refractivity contribution in [1.82, 2.24) is 20.1 Å². The van der Waals surface area contributed by atoms with Crippen LogP contribution < -0.4 is 20.5 Å². The van der Waals surface area contributed by atoms with Crippen LogP contribution in [0.3, 0.4) is 0 Å². The van der Waals surface area contributed by atoms with E-state index in [4.69, 9.17) is 4.74 Å². The number of rotatable bonds is 14. The Balaban J connectivity index is 0.813. The van der Waals surface area contributed by atoms with Crippen molar-refractivity contribution in [3.05, 3.63) is 125 Å². The molecule has 4 aromatic carbocycles. The van der Waals surface area contributed by atoms with E-state index < -0.39 is 12.2 Å². The number of benzene rings is 4. The van der Waals surface area contributed by atoms with Gasteiger partial charge in [0.1, 0.15) is 11.5 Å². The molecule has 5 aromatic rings. The van der Waals surface area contributed by atoms with Gasteiger partial charge in [0.05, 0.1) is 17.3 Å². The molecule has 298 valence electrons. The van der Waals surface area contributed by atoms with Gasteiger partial charge >= 0.3 is 6.09 Å². The van der Waals surface area contributed by atoms with Crippen molar-refractivity contribution in [1.29, 1.82) is 0 Å². The minimum Gasteiger partial charge on any atom is -0.506 e. The largest absolute Gasteiger partial charge is 0.506 e. The Bertz CT molecular complexity index is 2200. The van der Waals surface area contributed by atoms with Crippen LogP contribution >= 0.6 is 0 Å². The Kier molecular flexibility index (Phi) is 12.8. The molecule has 2 aliphatic heterocycles. The predicted molar refractivity (Wildman–Crippen MR) is 221 cm³/mol. The van der Waals surface area contributed by atoms with Gasteiger partial charge in [0.25, 0.3) is 5.91 Å². The molecule has 0 saturated carbocycles. The van der Waals surface area contributed by atoms with Crippen LogP contribution in [0.4, 0.5) is 10.5 Å². The molecule has 1 aromatic heterocycles. The summed E-state index contributed by atoms with van der Waals surface area (Å²) < 4.78 is 5.91. The highest BCUT2D eigenvalue weighted by atomic mass is 16.5. The molecule has 57 heavy (non-hydrogen) atoms. The van der Waals surface area contributed by atoms with Gasteiger partial charge in [-0.05, 0) is 91.6 Å². The number of H-pyrrole nitrogens is 1. The SMILES string of the molecule is O=C(COc1cccc(CNC[C@H](O)c2ccc(O)c3[nH]c(=O)ccc23)c1)N1CCC(CCN2CCC(N(C(=O)O)c3ccccc3-c3ccccc3)CC2)CC1. The van der Waals surface area contributed by atoms with Crippen molar-refractivity contribution in [3.63, 3.8) is 0 Å². The summed E-state index contributed by atoms with van der Waals surface area (Å²) in [6.45, 7) is 4.78. The molecule has 12 heteroatoms. The number of aliphatic hydroxyl groups excluding tert-OH is 1. The van der Waals surface area contributed by atoms with Crippen molar-refractivity contribution in [2.45, 2.75) is 50.8 Å². The number of hydrogen-bond donors (Lipinski definition) is 5. The number of carbonyl (C=O) groups excluding carboxylic acids is 1. The molecule has 1 atom stereocenters. The quantitative estimate of drug-likeness (QED) is 0.0864. The number of aliphatic hydroxyl groups is 1. The zero-order valence-corrected chi connectivity index (χ0v) is 32.1. The lowest BCUT2D eigenvalue weighted by Crippen LogP contribution is -2.48. The summed E-state index contributed by atoms with van der Waals surface area (Å²) in [5.41, 5.74) is 4.16. The molecule has 7 rings (SSSR count). The number of hydrogen-bond acceptors (Lipinski definition) is 8. The number of fused-ring (bicyclic) bond motifs is 1. The minimum atomic E-state index is -0.915. The number of amides is 2. The van der Waals surface area contributed by atoms with Crippen LogP contribution in [0.1, 0.15) is 49.3 Å². The number of ether oxygens (including phenoxy) is 1. The molecule has 2 saturated heterocycles. The van der Waals surface area contributed by atoms with Gasteiger partial charge < -0.3 is 40.2 Å². The molecular weight excluding hydrogens is 723 g/mol. The molecule has 2 amide bonds. The minimum absolute atomic E-state index is 0.0264. The maximum absolute atomic E-state index is 13.1. The molecule has 0 aliphatic carbocycles. The number of carbonyl (C=O) groups is 2. The van der Waals surface area contributed by atoms with E-state index >= 15 is 0 Å². The highest BCUT2D eigenvalue weighted by molar-refractivity contribution is 5.93. The van der Waals surface area contributed by atoms with Crippen molar-refractivity contribution < 1.29 is 29.6 Å². The van der Waals surface area contributed by atoms with Crippen molar-refractivity contribution in [2.24, 2.45) is 5.92 Å². The van der Waals surface area contributed by atoms with Crippen LogP contribution in [0.2, 0.25) is 0 Å². The van der Waals surface area contributed by atoms with Crippen LogP contribution in [0.25, 0.3) is 22.0 Å². The second-order valence-corrected chi connectivity index (χ2v) is 15.1. The fourth-order valence-electron chi connectivity index (χ4n) is 8.23. The van der Waals surface area contributed by atoms with Gasteiger partial charge in [-0.15, -0.1) is 0 Å². The topological polar surface area (TPSA) is 159 Å². The number of pyridine rings is 1. The first kappa shape index (κ1) is 39.5. The normalized spacial score (nSPS) is 16.1. The number of carboxylic acid groups (broad SMARTS) is 1. The smallest absolute Gasteiger partial charge is 0.412 e. The number of aromatic hydroxyl groups is 1. The molecule has 3 heterocycles. The van der Waals surface area contributed by atoms with E-state index in [-0.39, 0.29) is 36.4 Å². The van der Waals surface area contributed by atoms with Gasteiger partial charge in [0.2, 0.25) is 5.56 Å². The summed E-state index contributed by atoms with van der Waals surface area (Å²) in [7, 11) is 0. The van der Waals surface area contributed by atoms with Crippen LogP contribution in [0.15, 0.2) is 108 Å². The fraction of sp³-hybridized carbons (Fsp3) is 0.356. The number of phenols is 1. The molecule has 5 N–H and O–H groups in total. The van der Waals surface area contributed by atoms with E-state index in [2.05, 4.69) is 15.2 Å². The van der Waals surface area contributed by atoms with Gasteiger partial charge in [-0.25, -0.2) is 4.79 Å². The zero-order chi connectivity index (χ0) is 39.7. The van der Waals surface area contributed by atoms with Gasteiger partial charge in [0.15, 0.2) is 6.61 Å². The van der Waals surface area contributed by atoms with Crippen LogP contribution in [0.5, 0.6) is 11.5 Å². The van der Waals surface area contributed by atoms with Gasteiger partial charge in [-0.1, -0.05) is 66.7 Å². The molecule has 0 spiro atoms. The second-order valence-electron chi connectivity index (χ2n) is 15.1. The molecule has 12 nitrogen and oxygen atoms in total. The molecular formula is C45H51N5O7. The number of likely N-dealkylation sites (tertiary alicyclic amines) is 2. The van der Waals surface area contributed by atoms with Crippen LogP contribution in [-0.2, 0) is 11.3 Å². The summed E-state index contributed by atoms with van der Waals surface area (Å²) in [5, 5.41) is 35.2. The number of nitrogens with zero attached hydrogens (tertiary/aromatic N) is 3. The summed E-state index contributed by atoms with van der Waals surface area (Å²) >= 11 is 0. The highest BCUT2D eigenvalue weighted by Gasteiger charge is 2.31. The van der Waals surface area contributed by atoms with Crippen LogP contribution in [-0.4, -0.2) is 94.0 Å². The average Bonchev–Trinajstić information content (AvgIpc) is 3.23. The lowest BCUT2D eigenvalue weighted by molar-refractivity contribution is -0.134. The maximum Gasteiger partial charge on any atom is 0.412 e. The Labute approximate surface area is 332 Å². The third kappa shape index (κ3) is 9.83. The summed E-state index contributed by atoms with van der Waals surface area (Å²) in [4.78, 5) is 46.0. The predicted octanol–water partition coefficient (Wildman–Crippen LogP) is 6.38. The number of nitrogens with one attached hydrogen (secondary N) is 2. The Morgan fingerprint density at radius 2 is 1.63 bits per heavy atom. The molecule has 0 unspecified atom stereocenters. The number of piperidine rings is 2. The number of aromatic nitrogens is 1. The summed E-state index contributed by atoms with van der Waals surface area (Å²) in [6, 6.07) is 31.2. The van der Waals surface area contributed by atoms with E-state index in [0.29, 0.717) is 47.8 Å². The third-order valence-corrected chi connectivity index (χ3v) is 11.4. The second kappa shape index (κ2) is 18.5. The summed E-state index contributed by atoms with van der Waals surface area (Å²) in [5.74, 6) is 1.06. The first-order valence-electron chi connectivity index (χ1n) is 19.9. The van der Waals surface area contributed by atoms with E-state index in [9.17, 15) is 29.7 Å².